The maximum atomic E-state index is 8.69. The third-order valence-corrected chi connectivity index (χ3v) is 2.35. The van der Waals surface area contributed by atoms with E-state index in [9.17, 15) is 0 Å². The second-order valence-corrected chi connectivity index (χ2v) is 3.50. The fraction of sp³-hybridized carbons (Fsp3) is 0.273. The van der Waals surface area contributed by atoms with Crippen LogP contribution in [0.15, 0.2) is 30.3 Å². The number of aromatic nitrogens is 4. The van der Waals surface area contributed by atoms with Crippen LogP contribution in [0, 0.1) is 11.3 Å². The zero-order valence-electron chi connectivity index (χ0n) is 9.48. The average Bonchev–Trinajstić information content (AvgIpc) is 2.78. The predicted molar refractivity (Wildman–Crippen MR) is 62.5 cm³/mol. The van der Waals surface area contributed by atoms with Crippen LogP contribution in [0.3, 0.4) is 0 Å². The van der Waals surface area contributed by atoms with E-state index in [4.69, 9.17) is 5.26 Å². The van der Waals surface area contributed by atoms with Gasteiger partial charge in [-0.3, -0.25) is 0 Å². The molecule has 0 amide bonds. The fourth-order valence-corrected chi connectivity index (χ4v) is 1.57. The van der Waals surface area contributed by atoms with Crippen molar-refractivity contribution in [3.05, 3.63) is 30.3 Å². The molecule has 0 N–H and O–H groups in total. The molecule has 0 spiro atoms. The third-order valence-electron chi connectivity index (χ3n) is 2.35. The van der Waals surface area contributed by atoms with Gasteiger partial charge in [0.05, 0.1) is 12.5 Å². The Morgan fingerprint density at radius 1 is 1.35 bits per heavy atom. The molecule has 0 radical (unpaired) electrons. The lowest BCUT2D eigenvalue weighted by Gasteiger charge is -2.20. The van der Waals surface area contributed by atoms with Gasteiger partial charge in [-0.25, -0.2) is 4.68 Å². The molecule has 86 valence electrons. The van der Waals surface area contributed by atoms with Gasteiger partial charge in [-0.15, -0.1) is 0 Å². The average molecular weight is 228 g/mol. The van der Waals surface area contributed by atoms with Crippen LogP contribution in [0.2, 0.25) is 0 Å². The van der Waals surface area contributed by atoms with E-state index < -0.39 is 0 Å². The second kappa shape index (κ2) is 5.07. The first-order valence-electron chi connectivity index (χ1n) is 5.25. The monoisotopic (exact) mass is 228 g/mol. The molecule has 0 aliphatic heterocycles. The lowest BCUT2D eigenvalue weighted by Crippen LogP contribution is -2.21. The van der Waals surface area contributed by atoms with E-state index in [-0.39, 0.29) is 0 Å². The number of anilines is 2. The van der Waals surface area contributed by atoms with Crippen LogP contribution in [0.5, 0.6) is 0 Å². The Hall–Kier alpha value is -2.42. The summed E-state index contributed by atoms with van der Waals surface area (Å²) in [5, 5.41) is 20.1. The molecule has 0 aliphatic rings. The van der Waals surface area contributed by atoms with Crippen molar-refractivity contribution in [2.45, 2.75) is 6.42 Å². The Bertz CT molecular complexity index is 512. The Morgan fingerprint density at radius 3 is 2.71 bits per heavy atom. The highest BCUT2D eigenvalue weighted by atomic mass is 15.6. The van der Waals surface area contributed by atoms with Gasteiger partial charge in [0.25, 0.3) is 0 Å². The van der Waals surface area contributed by atoms with Gasteiger partial charge in [0.2, 0.25) is 5.95 Å². The molecule has 1 aromatic carbocycles. The predicted octanol–water partition coefficient (Wildman–Crippen LogP) is 1.26. The van der Waals surface area contributed by atoms with Crippen LogP contribution in [0.4, 0.5) is 11.6 Å². The number of benzene rings is 1. The summed E-state index contributed by atoms with van der Waals surface area (Å²) < 4.78 is 1.59. The largest absolute Gasteiger partial charge is 0.308 e. The van der Waals surface area contributed by atoms with Gasteiger partial charge >= 0.3 is 0 Å². The highest BCUT2D eigenvalue weighted by Crippen LogP contribution is 2.21. The van der Waals surface area contributed by atoms with Crippen LogP contribution in [0.25, 0.3) is 0 Å². The molecular formula is C11H12N6. The highest BCUT2D eigenvalue weighted by Gasteiger charge is 2.14. The molecule has 1 aromatic heterocycles. The molecule has 0 saturated carbocycles. The summed E-state index contributed by atoms with van der Waals surface area (Å²) in [6, 6.07) is 11.9. The number of para-hydroxylation sites is 1. The van der Waals surface area contributed by atoms with Crippen LogP contribution >= 0.6 is 0 Å². The number of aryl methyl sites for hydroxylation is 1. The standard InChI is InChI=1S/C11H12N6/c1-16-11(13-14-15-16)17(9-5-8-12)10-6-3-2-4-7-10/h2-4,6-7H,5,9H2,1H3. The van der Waals surface area contributed by atoms with E-state index in [0.29, 0.717) is 18.9 Å². The number of hydrogen-bond acceptors (Lipinski definition) is 5. The maximum absolute atomic E-state index is 8.69. The van der Waals surface area contributed by atoms with Crippen molar-refractivity contribution in [3.8, 4) is 6.07 Å². The molecule has 0 fully saturated rings. The molecule has 6 heteroatoms. The summed E-state index contributed by atoms with van der Waals surface area (Å²) in [4.78, 5) is 1.92. The van der Waals surface area contributed by atoms with Gasteiger partial charge in [-0.05, 0) is 22.6 Å². The van der Waals surface area contributed by atoms with Crippen molar-refractivity contribution >= 4 is 11.6 Å². The van der Waals surface area contributed by atoms with Crippen molar-refractivity contribution in [1.82, 2.24) is 20.2 Å². The van der Waals surface area contributed by atoms with Crippen molar-refractivity contribution < 1.29 is 0 Å². The summed E-state index contributed by atoms with van der Waals surface area (Å²) in [7, 11) is 1.78. The van der Waals surface area contributed by atoms with E-state index in [0.717, 1.165) is 5.69 Å². The zero-order valence-corrected chi connectivity index (χ0v) is 9.48. The minimum atomic E-state index is 0.418. The summed E-state index contributed by atoms with van der Waals surface area (Å²) in [5.41, 5.74) is 0.973. The SMILES string of the molecule is Cn1nnnc1N(CCC#N)c1ccccc1. The first kappa shape index (κ1) is 11.1. The lowest BCUT2D eigenvalue weighted by atomic mass is 10.3. The number of tetrazole rings is 1. The quantitative estimate of drug-likeness (QED) is 0.787. The smallest absolute Gasteiger partial charge is 0.249 e. The number of nitriles is 1. The van der Waals surface area contributed by atoms with Gasteiger partial charge < -0.3 is 4.90 Å². The molecule has 6 nitrogen and oxygen atoms in total. The summed E-state index contributed by atoms with van der Waals surface area (Å²) in [6.07, 6.45) is 0.418. The Morgan fingerprint density at radius 2 is 2.12 bits per heavy atom. The molecule has 1 heterocycles. The van der Waals surface area contributed by atoms with E-state index in [1.54, 1.807) is 11.7 Å². The van der Waals surface area contributed by atoms with E-state index >= 15 is 0 Å². The second-order valence-electron chi connectivity index (χ2n) is 3.50. The minimum Gasteiger partial charge on any atom is -0.308 e. The van der Waals surface area contributed by atoms with Gasteiger partial charge in [0.1, 0.15) is 0 Å². The Balaban J connectivity index is 2.33. The summed E-state index contributed by atoms with van der Waals surface area (Å²) >= 11 is 0. The fourth-order valence-electron chi connectivity index (χ4n) is 1.57. The van der Waals surface area contributed by atoms with Crippen LogP contribution in [-0.4, -0.2) is 26.8 Å². The van der Waals surface area contributed by atoms with Gasteiger partial charge in [-0.2, -0.15) is 5.26 Å². The third kappa shape index (κ3) is 2.39. The molecule has 0 bridgehead atoms. The molecule has 17 heavy (non-hydrogen) atoms. The van der Waals surface area contributed by atoms with E-state index in [1.807, 2.05) is 35.2 Å². The first-order chi connectivity index (χ1) is 8.33. The van der Waals surface area contributed by atoms with Gasteiger partial charge in [0, 0.05) is 19.3 Å². The van der Waals surface area contributed by atoms with E-state index in [2.05, 4.69) is 21.6 Å². The molecule has 2 aromatic rings. The molecule has 0 unspecified atom stereocenters. The summed E-state index contributed by atoms with van der Waals surface area (Å²) in [6.45, 7) is 0.564. The summed E-state index contributed by atoms with van der Waals surface area (Å²) in [5.74, 6) is 0.631. The first-order valence-corrected chi connectivity index (χ1v) is 5.25. The topological polar surface area (TPSA) is 70.6 Å². The molecule has 0 aliphatic carbocycles. The van der Waals surface area contributed by atoms with Crippen molar-refractivity contribution in [2.75, 3.05) is 11.4 Å². The Kier molecular flexibility index (Phi) is 3.31. The number of hydrogen-bond donors (Lipinski definition) is 0. The van der Waals surface area contributed by atoms with Crippen LogP contribution in [0.1, 0.15) is 6.42 Å². The molecule has 0 saturated heterocycles. The van der Waals surface area contributed by atoms with Gasteiger partial charge in [-0.1, -0.05) is 23.3 Å². The van der Waals surface area contributed by atoms with Crippen LogP contribution in [-0.2, 0) is 7.05 Å². The molecule has 0 atom stereocenters. The van der Waals surface area contributed by atoms with Gasteiger partial charge in [0.15, 0.2) is 0 Å². The zero-order chi connectivity index (χ0) is 12.1. The van der Waals surface area contributed by atoms with Crippen LogP contribution < -0.4 is 4.90 Å². The molecular weight excluding hydrogens is 216 g/mol. The minimum absolute atomic E-state index is 0.418. The highest BCUT2D eigenvalue weighted by molar-refractivity contribution is 5.56. The molecule has 2 rings (SSSR count). The number of nitrogens with zero attached hydrogens (tertiary/aromatic N) is 6. The number of rotatable bonds is 4. The van der Waals surface area contributed by atoms with Crippen molar-refractivity contribution in [3.63, 3.8) is 0 Å². The van der Waals surface area contributed by atoms with E-state index in [1.165, 1.54) is 0 Å². The maximum Gasteiger partial charge on any atom is 0.249 e. The normalized spacial score (nSPS) is 9.88. The van der Waals surface area contributed by atoms with Crippen molar-refractivity contribution in [2.24, 2.45) is 7.05 Å². The Labute approximate surface area is 99.1 Å². The lowest BCUT2D eigenvalue weighted by molar-refractivity contribution is 0.702. The van der Waals surface area contributed by atoms with Crippen molar-refractivity contribution in [1.29, 1.82) is 5.26 Å².